The van der Waals surface area contributed by atoms with E-state index in [4.69, 9.17) is 4.74 Å². The fraction of sp³-hybridized carbons (Fsp3) is 1.00. The van der Waals surface area contributed by atoms with Gasteiger partial charge in [-0.05, 0) is 18.8 Å². The Bertz CT molecular complexity index is 183. The first kappa shape index (κ1) is 12.9. The van der Waals surface area contributed by atoms with Gasteiger partial charge in [-0.25, -0.2) is 0 Å². The lowest BCUT2D eigenvalue weighted by Crippen LogP contribution is -2.43. The van der Waals surface area contributed by atoms with Gasteiger partial charge in [-0.2, -0.15) is 0 Å². The largest absolute Gasteiger partial charge is 0.391 e. The van der Waals surface area contributed by atoms with E-state index in [0.29, 0.717) is 25.1 Å². The van der Waals surface area contributed by atoms with Crippen LogP contribution in [-0.4, -0.2) is 37.0 Å². The Hall–Kier alpha value is -0.120. The van der Waals surface area contributed by atoms with E-state index in [2.05, 4.69) is 33.0 Å². The minimum absolute atomic E-state index is 0.242. The molecule has 3 heteroatoms. The molecule has 0 aromatic heterocycles. The lowest BCUT2D eigenvalue weighted by Gasteiger charge is -2.30. The second-order valence-electron chi connectivity index (χ2n) is 5.69. The van der Waals surface area contributed by atoms with Crippen LogP contribution in [-0.2, 0) is 4.74 Å². The SMILES string of the molecule is CC(NCC(O)C1CCOC1)C(C)(C)C. The summed E-state index contributed by atoms with van der Waals surface area (Å²) in [6.07, 6.45) is 0.726. The van der Waals surface area contributed by atoms with Crippen molar-refractivity contribution >= 4 is 0 Å². The first-order chi connectivity index (χ1) is 6.91. The van der Waals surface area contributed by atoms with Crippen LogP contribution in [0.25, 0.3) is 0 Å². The highest BCUT2D eigenvalue weighted by atomic mass is 16.5. The third-order valence-electron chi connectivity index (χ3n) is 3.44. The van der Waals surface area contributed by atoms with Gasteiger partial charge in [0.2, 0.25) is 0 Å². The number of aliphatic hydroxyl groups is 1. The zero-order valence-corrected chi connectivity index (χ0v) is 10.4. The number of hydrogen-bond acceptors (Lipinski definition) is 3. The molecule has 0 amide bonds. The summed E-state index contributed by atoms with van der Waals surface area (Å²) in [6.45, 7) is 11.0. The standard InChI is InChI=1S/C12H25NO2/c1-9(12(2,3)4)13-7-11(14)10-5-6-15-8-10/h9-11,13-14H,5-8H2,1-4H3. The Kier molecular flexibility index (Phi) is 4.56. The molecule has 2 N–H and O–H groups in total. The van der Waals surface area contributed by atoms with Crippen molar-refractivity contribution in [3.8, 4) is 0 Å². The van der Waals surface area contributed by atoms with Gasteiger partial charge in [-0.1, -0.05) is 20.8 Å². The molecule has 0 spiro atoms. The van der Waals surface area contributed by atoms with E-state index in [-0.39, 0.29) is 11.5 Å². The Morgan fingerprint density at radius 3 is 2.60 bits per heavy atom. The van der Waals surface area contributed by atoms with Crippen LogP contribution in [0.15, 0.2) is 0 Å². The topological polar surface area (TPSA) is 41.5 Å². The Morgan fingerprint density at radius 1 is 1.47 bits per heavy atom. The van der Waals surface area contributed by atoms with Crippen molar-refractivity contribution < 1.29 is 9.84 Å². The van der Waals surface area contributed by atoms with E-state index < -0.39 is 0 Å². The highest BCUT2D eigenvalue weighted by Crippen LogP contribution is 2.20. The summed E-state index contributed by atoms with van der Waals surface area (Å²) in [5.74, 6) is 0.324. The summed E-state index contributed by atoms with van der Waals surface area (Å²) >= 11 is 0. The van der Waals surface area contributed by atoms with Crippen LogP contribution in [0, 0.1) is 11.3 Å². The van der Waals surface area contributed by atoms with Gasteiger partial charge in [0.05, 0.1) is 12.7 Å². The number of rotatable bonds is 4. The van der Waals surface area contributed by atoms with Crippen molar-refractivity contribution in [2.24, 2.45) is 11.3 Å². The highest BCUT2D eigenvalue weighted by Gasteiger charge is 2.26. The molecule has 1 aliphatic rings. The number of aliphatic hydroxyl groups excluding tert-OH is 1. The molecule has 1 fully saturated rings. The van der Waals surface area contributed by atoms with Gasteiger partial charge < -0.3 is 15.2 Å². The van der Waals surface area contributed by atoms with E-state index in [1.807, 2.05) is 0 Å². The molecule has 1 heterocycles. The van der Waals surface area contributed by atoms with Gasteiger partial charge >= 0.3 is 0 Å². The van der Waals surface area contributed by atoms with Gasteiger partial charge in [0.15, 0.2) is 0 Å². The molecule has 0 aliphatic carbocycles. The number of ether oxygens (including phenoxy) is 1. The average Bonchev–Trinajstić information content (AvgIpc) is 2.64. The van der Waals surface area contributed by atoms with Crippen LogP contribution >= 0.6 is 0 Å². The third-order valence-corrected chi connectivity index (χ3v) is 3.44. The summed E-state index contributed by atoms with van der Waals surface area (Å²) in [5, 5.41) is 13.3. The molecule has 1 saturated heterocycles. The molecular weight excluding hydrogens is 190 g/mol. The Balaban J connectivity index is 2.24. The highest BCUT2D eigenvalue weighted by molar-refractivity contribution is 4.80. The molecule has 0 bridgehead atoms. The van der Waals surface area contributed by atoms with Gasteiger partial charge in [0.1, 0.15) is 0 Å². The van der Waals surface area contributed by atoms with Gasteiger partial charge in [-0.15, -0.1) is 0 Å². The minimum atomic E-state index is -0.266. The molecule has 0 aromatic carbocycles. The Labute approximate surface area is 93.2 Å². The number of hydrogen-bond donors (Lipinski definition) is 2. The summed E-state index contributed by atoms with van der Waals surface area (Å²) in [4.78, 5) is 0. The summed E-state index contributed by atoms with van der Waals surface area (Å²) in [6, 6.07) is 0.412. The van der Waals surface area contributed by atoms with Crippen molar-refractivity contribution in [1.29, 1.82) is 0 Å². The first-order valence-corrected chi connectivity index (χ1v) is 5.90. The maximum Gasteiger partial charge on any atom is 0.0715 e. The van der Waals surface area contributed by atoms with Crippen molar-refractivity contribution in [2.75, 3.05) is 19.8 Å². The Morgan fingerprint density at radius 2 is 2.13 bits per heavy atom. The van der Waals surface area contributed by atoms with Gasteiger partial charge in [-0.3, -0.25) is 0 Å². The molecule has 1 aliphatic heterocycles. The van der Waals surface area contributed by atoms with E-state index in [1.54, 1.807) is 0 Å². The van der Waals surface area contributed by atoms with Crippen LogP contribution in [0.5, 0.6) is 0 Å². The second kappa shape index (κ2) is 5.28. The van der Waals surface area contributed by atoms with Crippen molar-refractivity contribution in [3.63, 3.8) is 0 Å². The minimum Gasteiger partial charge on any atom is -0.391 e. The lowest BCUT2D eigenvalue weighted by molar-refractivity contribution is 0.0844. The summed E-state index contributed by atoms with van der Waals surface area (Å²) in [7, 11) is 0. The van der Waals surface area contributed by atoms with Crippen molar-refractivity contribution in [1.82, 2.24) is 5.32 Å². The van der Waals surface area contributed by atoms with Gasteiger partial charge in [0.25, 0.3) is 0 Å². The molecule has 1 rings (SSSR count). The van der Waals surface area contributed by atoms with E-state index in [0.717, 1.165) is 13.0 Å². The molecule has 3 atom stereocenters. The van der Waals surface area contributed by atoms with Crippen molar-refractivity contribution in [2.45, 2.75) is 46.3 Å². The van der Waals surface area contributed by atoms with E-state index in [9.17, 15) is 5.11 Å². The molecule has 90 valence electrons. The van der Waals surface area contributed by atoms with E-state index >= 15 is 0 Å². The summed E-state index contributed by atoms with van der Waals surface area (Å²) in [5.41, 5.74) is 0.242. The lowest BCUT2D eigenvalue weighted by atomic mass is 9.88. The third kappa shape index (κ3) is 4.09. The molecule has 0 saturated carbocycles. The average molecular weight is 215 g/mol. The maximum atomic E-state index is 9.92. The van der Waals surface area contributed by atoms with E-state index in [1.165, 1.54) is 0 Å². The number of nitrogens with one attached hydrogen (secondary N) is 1. The predicted octanol–water partition coefficient (Wildman–Crippen LogP) is 1.41. The van der Waals surface area contributed by atoms with Gasteiger partial charge in [0, 0.05) is 25.1 Å². The maximum absolute atomic E-state index is 9.92. The smallest absolute Gasteiger partial charge is 0.0715 e. The normalized spacial score (nSPS) is 26.6. The zero-order valence-electron chi connectivity index (χ0n) is 10.4. The fourth-order valence-electron chi connectivity index (χ4n) is 1.63. The molecule has 3 nitrogen and oxygen atoms in total. The van der Waals surface area contributed by atoms with Crippen LogP contribution in [0.2, 0.25) is 0 Å². The zero-order chi connectivity index (χ0) is 11.5. The fourth-order valence-corrected chi connectivity index (χ4v) is 1.63. The van der Waals surface area contributed by atoms with Crippen molar-refractivity contribution in [3.05, 3.63) is 0 Å². The van der Waals surface area contributed by atoms with Crippen LogP contribution in [0.3, 0.4) is 0 Å². The molecule has 0 radical (unpaired) electrons. The molecular formula is C12H25NO2. The first-order valence-electron chi connectivity index (χ1n) is 5.90. The molecule has 3 unspecified atom stereocenters. The monoisotopic (exact) mass is 215 g/mol. The summed E-state index contributed by atoms with van der Waals surface area (Å²) < 4.78 is 5.26. The molecule has 15 heavy (non-hydrogen) atoms. The quantitative estimate of drug-likeness (QED) is 0.745. The second-order valence-corrected chi connectivity index (χ2v) is 5.69. The van der Waals surface area contributed by atoms with Crippen LogP contribution < -0.4 is 5.32 Å². The van der Waals surface area contributed by atoms with Crippen LogP contribution in [0.1, 0.15) is 34.1 Å². The van der Waals surface area contributed by atoms with Crippen LogP contribution in [0.4, 0.5) is 0 Å². The predicted molar refractivity (Wildman–Crippen MR) is 61.9 cm³/mol. The molecule has 0 aromatic rings.